The molecule has 1 aliphatic rings. The molecule has 1 aliphatic carbocycles. The third-order valence-electron chi connectivity index (χ3n) is 1.65. The second kappa shape index (κ2) is 7.08. The van der Waals surface area contributed by atoms with E-state index in [4.69, 9.17) is 5.73 Å². The van der Waals surface area contributed by atoms with E-state index in [1.807, 2.05) is 0 Å². The van der Waals surface area contributed by atoms with E-state index in [0.29, 0.717) is 6.04 Å². The Balaban J connectivity index is 0.000000291. The molecule has 1 saturated carbocycles. The molecule has 0 radical (unpaired) electrons. The summed E-state index contributed by atoms with van der Waals surface area (Å²) in [5.41, 5.74) is 5.63. The monoisotopic (exact) mass is 182 g/mol. The van der Waals surface area contributed by atoms with Crippen LogP contribution in [0, 0.1) is 0 Å². The van der Waals surface area contributed by atoms with Crippen LogP contribution in [-0.4, -0.2) is 6.04 Å². The van der Waals surface area contributed by atoms with Crippen molar-refractivity contribution in [3.63, 3.8) is 0 Å². The summed E-state index contributed by atoms with van der Waals surface area (Å²) in [4.78, 5) is 0. The first-order chi connectivity index (χ1) is 4.39. The predicted octanol–water partition coefficient (Wildman–Crippen LogP) is 1.96. The van der Waals surface area contributed by atoms with Crippen LogP contribution >= 0.6 is 9.30 Å². The van der Waals surface area contributed by atoms with Crippen molar-refractivity contribution in [2.24, 2.45) is 5.73 Å². The normalized spacial score (nSPS) is 20.1. The molecule has 0 saturated heterocycles. The van der Waals surface area contributed by atoms with Crippen molar-refractivity contribution in [1.29, 1.82) is 0 Å². The van der Waals surface area contributed by atoms with Crippen LogP contribution < -0.4 is 5.73 Å². The summed E-state index contributed by atoms with van der Waals surface area (Å²) >= 11 is 1.47. The van der Waals surface area contributed by atoms with Crippen LogP contribution in [0.15, 0.2) is 0 Å². The summed E-state index contributed by atoms with van der Waals surface area (Å²) in [7, 11) is 4.64. The van der Waals surface area contributed by atoms with Crippen molar-refractivity contribution in [3.8, 4) is 0 Å². The first-order valence-corrected chi connectivity index (χ1v) is 5.49. The van der Waals surface area contributed by atoms with Crippen molar-refractivity contribution >= 4 is 9.30 Å². The van der Waals surface area contributed by atoms with E-state index < -0.39 is 0 Å². The van der Waals surface area contributed by atoms with Gasteiger partial charge >= 0.3 is 28.7 Å². The Morgan fingerprint density at radius 1 is 1.11 bits per heavy atom. The average molecular weight is 182 g/mol. The van der Waals surface area contributed by atoms with Gasteiger partial charge in [-0.05, 0) is 12.8 Å². The van der Waals surface area contributed by atoms with E-state index >= 15 is 0 Å². The second-order valence-corrected chi connectivity index (χ2v) is 2.40. The van der Waals surface area contributed by atoms with Crippen molar-refractivity contribution in [3.05, 3.63) is 0 Å². The van der Waals surface area contributed by atoms with Gasteiger partial charge in [0.15, 0.2) is 0 Å². The van der Waals surface area contributed by atoms with Crippen molar-refractivity contribution in [1.82, 2.24) is 0 Å². The molecule has 0 aromatic carbocycles. The average Bonchev–Trinajstić information content (AvgIpc) is 1.94. The molecule has 0 aromatic rings. The molecule has 0 aromatic heterocycles. The van der Waals surface area contributed by atoms with Gasteiger partial charge in [0.05, 0.1) is 0 Å². The Hall–Kier alpha value is 0.964. The standard InChI is InChI=1S/C6H13N.ClH.Ti/c7-6-4-2-1-3-5-6;;/h6H,1-5,7H2;1H;/q;;+1/p-1. The second-order valence-electron chi connectivity index (χ2n) is 2.40. The van der Waals surface area contributed by atoms with Crippen LogP contribution in [0.5, 0.6) is 0 Å². The number of rotatable bonds is 0. The topological polar surface area (TPSA) is 26.0 Å². The molecule has 0 atom stereocenters. The van der Waals surface area contributed by atoms with Crippen LogP contribution in [0.2, 0.25) is 0 Å². The fourth-order valence-corrected chi connectivity index (χ4v) is 1.13. The van der Waals surface area contributed by atoms with Gasteiger partial charge in [-0.3, -0.25) is 0 Å². The van der Waals surface area contributed by atoms with Gasteiger partial charge in [-0.15, -0.1) is 0 Å². The summed E-state index contributed by atoms with van der Waals surface area (Å²) in [5, 5.41) is 0. The van der Waals surface area contributed by atoms with Gasteiger partial charge in [0, 0.05) is 6.04 Å². The van der Waals surface area contributed by atoms with E-state index in [2.05, 4.69) is 9.30 Å². The maximum atomic E-state index is 5.63. The summed E-state index contributed by atoms with van der Waals surface area (Å²) in [6, 6.07) is 0.536. The van der Waals surface area contributed by atoms with Gasteiger partial charge < -0.3 is 5.73 Å². The zero-order valence-electron chi connectivity index (χ0n) is 5.57. The molecule has 1 nitrogen and oxygen atoms in total. The van der Waals surface area contributed by atoms with Gasteiger partial charge in [-0.25, -0.2) is 0 Å². The molecule has 0 heterocycles. The van der Waals surface area contributed by atoms with Crippen LogP contribution in [0.1, 0.15) is 32.1 Å². The summed E-state index contributed by atoms with van der Waals surface area (Å²) < 4.78 is 0. The molecular formula is C6H13ClNTi. The third kappa shape index (κ3) is 5.41. The summed E-state index contributed by atoms with van der Waals surface area (Å²) in [6.07, 6.45) is 6.66. The van der Waals surface area contributed by atoms with Crippen LogP contribution in [0.25, 0.3) is 0 Å². The van der Waals surface area contributed by atoms with E-state index in [9.17, 15) is 0 Å². The Morgan fingerprint density at radius 2 is 1.56 bits per heavy atom. The Kier molecular flexibility index (Phi) is 7.83. The van der Waals surface area contributed by atoms with Gasteiger partial charge in [0.1, 0.15) is 0 Å². The first kappa shape index (κ1) is 9.96. The van der Waals surface area contributed by atoms with Crippen molar-refractivity contribution in [2.45, 2.75) is 38.1 Å². The Labute approximate surface area is 72.6 Å². The molecular weight excluding hydrogens is 169 g/mol. The maximum absolute atomic E-state index is 5.63. The van der Waals surface area contributed by atoms with E-state index in [-0.39, 0.29) is 0 Å². The SMILES string of the molecule is NC1CCCCC1.[Cl][Ti]. The molecule has 2 N–H and O–H groups in total. The fourth-order valence-electron chi connectivity index (χ4n) is 1.13. The fraction of sp³-hybridized carbons (Fsp3) is 1.00. The summed E-state index contributed by atoms with van der Waals surface area (Å²) in [6.45, 7) is 0. The van der Waals surface area contributed by atoms with E-state index in [0.717, 1.165) is 0 Å². The Morgan fingerprint density at radius 3 is 1.78 bits per heavy atom. The minimum absolute atomic E-state index is 0.536. The quantitative estimate of drug-likeness (QED) is 0.570. The Bertz CT molecular complexity index is 55.0. The van der Waals surface area contributed by atoms with Gasteiger partial charge in [0.2, 0.25) is 0 Å². The molecule has 53 valence electrons. The molecule has 0 spiro atoms. The zero-order valence-corrected chi connectivity index (χ0v) is 7.89. The molecule has 1 fully saturated rings. The summed E-state index contributed by atoms with van der Waals surface area (Å²) in [5.74, 6) is 0. The van der Waals surface area contributed by atoms with E-state index in [1.165, 1.54) is 51.5 Å². The molecule has 0 bridgehead atoms. The minimum atomic E-state index is 0.536. The number of nitrogens with two attached hydrogens (primary N) is 1. The van der Waals surface area contributed by atoms with Gasteiger partial charge in [0.25, 0.3) is 0 Å². The number of halogens is 1. The number of hydrogen-bond acceptors (Lipinski definition) is 1. The molecule has 3 heteroatoms. The molecule has 0 unspecified atom stereocenters. The zero-order chi connectivity index (χ0) is 7.11. The van der Waals surface area contributed by atoms with Gasteiger partial charge in [-0.1, -0.05) is 19.3 Å². The van der Waals surface area contributed by atoms with Crippen LogP contribution in [-0.2, 0) is 19.4 Å². The van der Waals surface area contributed by atoms with Crippen LogP contribution in [0.3, 0.4) is 0 Å². The third-order valence-corrected chi connectivity index (χ3v) is 1.65. The molecule has 0 amide bonds. The van der Waals surface area contributed by atoms with Gasteiger partial charge in [-0.2, -0.15) is 0 Å². The predicted molar refractivity (Wildman–Crippen MR) is 36.9 cm³/mol. The molecule has 9 heavy (non-hydrogen) atoms. The van der Waals surface area contributed by atoms with Crippen molar-refractivity contribution < 1.29 is 19.4 Å². The molecule has 0 aliphatic heterocycles. The van der Waals surface area contributed by atoms with Crippen molar-refractivity contribution in [2.75, 3.05) is 0 Å². The molecule has 1 rings (SSSR count). The first-order valence-electron chi connectivity index (χ1n) is 3.34. The van der Waals surface area contributed by atoms with Crippen LogP contribution in [0.4, 0.5) is 0 Å². The van der Waals surface area contributed by atoms with E-state index in [1.54, 1.807) is 0 Å². The number of hydrogen-bond donors (Lipinski definition) is 1.